The first kappa shape index (κ1) is 20.4. The van der Waals surface area contributed by atoms with Gasteiger partial charge in [-0.3, -0.25) is 14.2 Å². The number of nitrogens with one attached hydrogen (secondary N) is 1. The van der Waals surface area contributed by atoms with E-state index in [2.05, 4.69) is 10.3 Å². The number of amides is 1. The standard InChI is InChI=1S/C20H19ClFN3O2S/c1-3-8-25-19(27)15-7-5-13(21)9-17(15)24-20(25)28-11-18(26)23-14-6-4-12(2)16(22)10-14/h4-7,9-10H,3,8,11H2,1-2H3,(H,23,26). The summed E-state index contributed by atoms with van der Waals surface area (Å²) in [7, 11) is 0. The summed E-state index contributed by atoms with van der Waals surface area (Å²) in [5, 5.41) is 4.08. The molecule has 2 aromatic carbocycles. The summed E-state index contributed by atoms with van der Waals surface area (Å²) in [4.78, 5) is 29.6. The van der Waals surface area contributed by atoms with Crippen molar-refractivity contribution in [2.75, 3.05) is 11.1 Å². The molecule has 146 valence electrons. The SMILES string of the molecule is CCCn1c(SCC(=O)Nc2ccc(C)c(F)c2)nc2cc(Cl)ccc2c1=O. The first-order chi connectivity index (χ1) is 13.4. The maximum absolute atomic E-state index is 13.6. The van der Waals surface area contributed by atoms with E-state index in [1.807, 2.05) is 6.92 Å². The number of hydrogen-bond donors (Lipinski definition) is 1. The fourth-order valence-corrected chi connectivity index (χ4v) is 3.69. The lowest BCUT2D eigenvalue weighted by atomic mass is 10.2. The van der Waals surface area contributed by atoms with Gasteiger partial charge in [-0.25, -0.2) is 9.37 Å². The fourth-order valence-electron chi connectivity index (χ4n) is 2.70. The number of carbonyl (C=O) groups is 1. The number of aryl methyl sites for hydroxylation is 1. The third kappa shape index (κ3) is 4.54. The van der Waals surface area contributed by atoms with E-state index in [0.717, 1.165) is 18.2 Å². The molecule has 1 N–H and O–H groups in total. The Labute approximate surface area is 170 Å². The summed E-state index contributed by atoms with van der Waals surface area (Å²) in [5.41, 5.74) is 1.23. The van der Waals surface area contributed by atoms with E-state index in [-0.39, 0.29) is 23.0 Å². The second kappa shape index (κ2) is 8.75. The Morgan fingerprint density at radius 2 is 2.07 bits per heavy atom. The van der Waals surface area contributed by atoms with E-state index < -0.39 is 0 Å². The first-order valence-electron chi connectivity index (χ1n) is 8.78. The number of fused-ring (bicyclic) bond motifs is 1. The Kier molecular flexibility index (Phi) is 6.36. The summed E-state index contributed by atoms with van der Waals surface area (Å²) in [5.74, 6) is -0.649. The first-order valence-corrected chi connectivity index (χ1v) is 10.1. The van der Waals surface area contributed by atoms with Gasteiger partial charge in [0.05, 0.1) is 16.7 Å². The smallest absolute Gasteiger partial charge is 0.262 e. The van der Waals surface area contributed by atoms with Crippen LogP contribution < -0.4 is 10.9 Å². The average molecular weight is 420 g/mol. The molecule has 0 saturated heterocycles. The van der Waals surface area contributed by atoms with Crippen LogP contribution in [0.1, 0.15) is 18.9 Å². The lowest BCUT2D eigenvalue weighted by Gasteiger charge is -2.12. The Bertz CT molecular complexity index is 1100. The van der Waals surface area contributed by atoms with Crippen molar-refractivity contribution >= 4 is 45.9 Å². The highest BCUT2D eigenvalue weighted by Crippen LogP contribution is 2.21. The van der Waals surface area contributed by atoms with E-state index in [9.17, 15) is 14.0 Å². The molecule has 0 bridgehead atoms. The van der Waals surface area contributed by atoms with Gasteiger partial charge >= 0.3 is 0 Å². The third-order valence-electron chi connectivity index (χ3n) is 4.12. The summed E-state index contributed by atoms with van der Waals surface area (Å²) >= 11 is 7.18. The number of anilines is 1. The minimum absolute atomic E-state index is 0.0394. The van der Waals surface area contributed by atoms with E-state index in [0.29, 0.717) is 38.9 Å². The van der Waals surface area contributed by atoms with Gasteiger partial charge in [0, 0.05) is 17.3 Å². The van der Waals surface area contributed by atoms with Gasteiger partial charge in [-0.2, -0.15) is 0 Å². The van der Waals surface area contributed by atoms with E-state index in [1.165, 1.54) is 6.07 Å². The Morgan fingerprint density at radius 1 is 1.29 bits per heavy atom. The van der Waals surface area contributed by atoms with Gasteiger partial charge in [0.2, 0.25) is 5.91 Å². The molecule has 0 spiro atoms. The molecule has 28 heavy (non-hydrogen) atoms. The molecule has 0 fully saturated rings. The molecule has 0 unspecified atom stereocenters. The zero-order chi connectivity index (χ0) is 20.3. The molecule has 1 heterocycles. The zero-order valence-electron chi connectivity index (χ0n) is 15.5. The Balaban J connectivity index is 1.82. The number of benzene rings is 2. The van der Waals surface area contributed by atoms with Crippen LogP contribution in [0.5, 0.6) is 0 Å². The molecule has 0 saturated carbocycles. The highest BCUT2D eigenvalue weighted by Gasteiger charge is 2.14. The van der Waals surface area contributed by atoms with Crippen molar-refractivity contribution in [3.63, 3.8) is 0 Å². The van der Waals surface area contributed by atoms with Crippen LogP contribution in [0.2, 0.25) is 5.02 Å². The molecule has 0 atom stereocenters. The quantitative estimate of drug-likeness (QED) is 0.467. The molecule has 0 radical (unpaired) electrons. The molecule has 5 nitrogen and oxygen atoms in total. The Morgan fingerprint density at radius 3 is 2.79 bits per heavy atom. The minimum Gasteiger partial charge on any atom is -0.325 e. The van der Waals surface area contributed by atoms with Crippen LogP contribution in [0.15, 0.2) is 46.3 Å². The molecule has 0 aliphatic heterocycles. The molecular weight excluding hydrogens is 401 g/mol. The van der Waals surface area contributed by atoms with Crippen molar-refractivity contribution in [3.8, 4) is 0 Å². The van der Waals surface area contributed by atoms with Gasteiger partial charge in [0.15, 0.2) is 5.16 Å². The van der Waals surface area contributed by atoms with Crippen LogP contribution in [-0.2, 0) is 11.3 Å². The van der Waals surface area contributed by atoms with Crippen LogP contribution in [-0.4, -0.2) is 21.2 Å². The second-order valence-corrected chi connectivity index (χ2v) is 7.69. The zero-order valence-corrected chi connectivity index (χ0v) is 17.0. The van der Waals surface area contributed by atoms with Crippen molar-refractivity contribution in [1.82, 2.24) is 9.55 Å². The van der Waals surface area contributed by atoms with Crippen LogP contribution in [0.3, 0.4) is 0 Å². The van der Waals surface area contributed by atoms with Crippen LogP contribution in [0, 0.1) is 12.7 Å². The van der Waals surface area contributed by atoms with Gasteiger partial charge in [-0.1, -0.05) is 36.4 Å². The fraction of sp³-hybridized carbons (Fsp3) is 0.250. The van der Waals surface area contributed by atoms with Crippen molar-refractivity contribution in [2.45, 2.75) is 32.0 Å². The van der Waals surface area contributed by atoms with Crippen molar-refractivity contribution in [1.29, 1.82) is 0 Å². The summed E-state index contributed by atoms with van der Waals surface area (Å²) in [6, 6.07) is 9.47. The van der Waals surface area contributed by atoms with Crippen LogP contribution >= 0.6 is 23.4 Å². The van der Waals surface area contributed by atoms with Crippen LogP contribution in [0.4, 0.5) is 10.1 Å². The molecule has 0 aliphatic rings. The number of nitrogens with zero attached hydrogens (tertiary/aromatic N) is 2. The lowest BCUT2D eigenvalue weighted by Crippen LogP contribution is -2.24. The monoisotopic (exact) mass is 419 g/mol. The minimum atomic E-state index is -0.379. The molecule has 3 rings (SSSR count). The number of thioether (sulfide) groups is 1. The van der Waals surface area contributed by atoms with Gasteiger partial charge in [-0.05, 0) is 49.2 Å². The topological polar surface area (TPSA) is 64.0 Å². The van der Waals surface area contributed by atoms with E-state index in [1.54, 1.807) is 41.8 Å². The molecule has 1 aromatic heterocycles. The third-order valence-corrected chi connectivity index (χ3v) is 5.33. The number of halogens is 2. The summed E-state index contributed by atoms with van der Waals surface area (Å²) < 4.78 is 15.2. The number of carbonyl (C=O) groups excluding carboxylic acids is 1. The second-order valence-electron chi connectivity index (χ2n) is 6.31. The highest BCUT2D eigenvalue weighted by atomic mass is 35.5. The predicted octanol–water partition coefficient (Wildman–Crippen LogP) is 4.64. The normalized spacial score (nSPS) is 11.0. The van der Waals surface area contributed by atoms with Gasteiger partial charge in [0.25, 0.3) is 5.56 Å². The summed E-state index contributed by atoms with van der Waals surface area (Å²) in [6.45, 7) is 4.12. The molecular formula is C20H19ClFN3O2S. The van der Waals surface area contributed by atoms with Crippen molar-refractivity contribution < 1.29 is 9.18 Å². The highest BCUT2D eigenvalue weighted by molar-refractivity contribution is 7.99. The van der Waals surface area contributed by atoms with E-state index >= 15 is 0 Å². The molecule has 0 aliphatic carbocycles. The predicted molar refractivity (Wildman–Crippen MR) is 112 cm³/mol. The van der Waals surface area contributed by atoms with Crippen molar-refractivity contribution in [3.05, 3.63) is 63.2 Å². The maximum atomic E-state index is 13.6. The number of rotatable bonds is 6. The van der Waals surface area contributed by atoms with Gasteiger partial charge in [-0.15, -0.1) is 0 Å². The molecule has 3 aromatic rings. The molecule has 1 amide bonds. The van der Waals surface area contributed by atoms with Gasteiger partial charge < -0.3 is 5.32 Å². The number of hydrogen-bond acceptors (Lipinski definition) is 4. The number of aromatic nitrogens is 2. The lowest BCUT2D eigenvalue weighted by molar-refractivity contribution is -0.113. The van der Waals surface area contributed by atoms with Crippen molar-refractivity contribution in [2.24, 2.45) is 0 Å². The largest absolute Gasteiger partial charge is 0.325 e. The molecule has 8 heteroatoms. The van der Waals surface area contributed by atoms with Gasteiger partial charge in [0.1, 0.15) is 5.82 Å². The Hall–Kier alpha value is -2.38. The van der Waals surface area contributed by atoms with E-state index in [4.69, 9.17) is 11.6 Å². The van der Waals surface area contributed by atoms with Crippen LogP contribution in [0.25, 0.3) is 10.9 Å². The average Bonchev–Trinajstić information content (AvgIpc) is 2.65. The maximum Gasteiger partial charge on any atom is 0.262 e. The summed E-state index contributed by atoms with van der Waals surface area (Å²) in [6.07, 6.45) is 0.753.